The molecule has 1 atom stereocenters. The molecule has 0 saturated carbocycles. The van der Waals surface area contributed by atoms with Crippen LogP contribution in [0.15, 0.2) is 47.5 Å². The fraction of sp³-hybridized carbons (Fsp3) is 0.316. The summed E-state index contributed by atoms with van der Waals surface area (Å²) in [5, 5.41) is 6.46. The summed E-state index contributed by atoms with van der Waals surface area (Å²) in [5.41, 5.74) is 1.95. The Morgan fingerprint density at radius 2 is 1.89 bits per heavy atom. The van der Waals surface area contributed by atoms with Crippen molar-refractivity contribution < 1.29 is 18.6 Å². The molecule has 0 aromatic heterocycles. The first kappa shape index (κ1) is 21.2. The van der Waals surface area contributed by atoms with Crippen molar-refractivity contribution in [3.8, 4) is 11.5 Å². The molecule has 1 aliphatic rings. The molecule has 0 amide bonds. The number of rotatable bonds is 6. The highest BCUT2D eigenvalue weighted by Crippen LogP contribution is 2.32. The van der Waals surface area contributed by atoms with Gasteiger partial charge in [-0.3, -0.25) is 4.99 Å². The Morgan fingerprint density at radius 3 is 2.59 bits per heavy atom. The zero-order chi connectivity index (χ0) is 18.4. The van der Waals surface area contributed by atoms with Gasteiger partial charge in [-0.2, -0.15) is 0 Å². The van der Waals surface area contributed by atoms with Crippen LogP contribution in [0.3, 0.4) is 0 Å². The summed E-state index contributed by atoms with van der Waals surface area (Å²) in [6, 6.07) is 12.1. The molecule has 0 saturated heterocycles. The van der Waals surface area contributed by atoms with Crippen molar-refractivity contribution in [1.82, 2.24) is 10.6 Å². The van der Waals surface area contributed by atoms with Gasteiger partial charge in [-0.25, -0.2) is 4.39 Å². The van der Waals surface area contributed by atoms with Crippen LogP contribution in [0.4, 0.5) is 4.39 Å². The second-order valence-corrected chi connectivity index (χ2v) is 5.77. The van der Waals surface area contributed by atoms with Gasteiger partial charge >= 0.3 is 0 Å². The molecule has 1 heterocycles. The van der Waals surface area contributed by atoms with Crippen molar-refractivity contribution in [3.05, 3.63) is 59.4 Å². The Morgan fingerprint density at radius 1 is 1.15 bits per heavy atom. The predicted molar refractivity (Wildman–Crippen MR) is 112 cm³/mol. The maximum Gasteiger partial charge on any atom is 0.231 e. The molecule has 146 valence electrons. The van der Waals surface area contributed by atoms with E-state index in [-0.39, 0.29) is 42.7 Å². The Hall–Kier alpha value is -2.07. The van der Waals surface area contributed by atoms with Crippen LogP contribution in [0, 0.1) is 5.82 Å². The maximum atomic E-state index is 13.1. The van der Waals surface area contributed by atoms with Crippen LogP contribution in [0.25, 0.3) is 0 Å². The molecule has 8 heteroatoms. The van der Waals surface area contributed by atoms with Crippen molar-refractivity contribution in [2.24, 2.45) is 4.99 Å². The number of methoxy groups -OCH3 is 1. The maximum absolute atomic E-state index is 13.1. The third-order valence-corrected chi connectivity index (χ3v) is 4.10. The van der Waals surface area contributed by atoms with Crippen LogP contribution in [0.5, 0.6) is 11.5 Å². The van der Waals surface area contributed by atoms with Crippen molar-refractivity contribution in [2.45, 2.75) is 12.6 Å². The molecule has 0 radical (unpaired) electrons. The number of nitrogens with one attached hydrogen (secondary N) is 2. The largest absolute Gasteiger partial charge is 0.454 e. The number of nitrogens with zero attached hydrogens (tertiary/aromatic N) is 1. The van der Waals surface area contributed by atoms with Gasteiger partial charge < -0.3 is 24.8 Å². The summed E-state index contributed by atoms with van der Waals surface area (Å²) in [4.78, 5) is 4.21. The fourth-order valence-corrected chi connectivity index (χ4v) is 2.66. The Kier molecular flexibility index (Phi) is 8.11. The topological polar surface area (TPSA) is 64.1 Å². The van der Waals surface area contributed by atoms with E-state index >= 15 is 0 Å². The fourth-order valence-electron chi connectivity index (χ4n) is 2.66. The van der Waals surface area contributed by atoms with Crippen LogP contribution >= 0.6 is 24.0 Å². The number of aliphatic imine (C=N–C) groups is 1. The van der Waals surface area contributed by atoms with Gasteiger partial charge in [-0.05, 0) is 35.4 Å². The van der Waals surface area contributed by atoms with Crippen LogP contribution in [0.2, 0.25) is 0 Å². The highest BCUT2D eigenvalue weighted by atomic mass is 127. The average Bonchev–Trinajstić information content (AvgIpc) is 3.13. The van der Waals surface area contributed by atoms with Crippen LogP contribution in [-0.4, -0.2) is 33.5 Å². The van der Waals surface area contributed by atoms with Gasteiger partial charge in [-0.1, -0.05) is 18.2 Å². The lowest BCUT2D eigenvalue weighted by Crippen LogP contribution is -2.39. The van der Waals surface area contributed by atoms with Gasteiger partial charge in [0.1, 0.15) is 5.82 Å². The summed E-state index contributed by atoms with van der Waals surface area (Å²) in [6.45, 7) is 1.35. The number of hydrogen-bond acceptors (Lipinski definition) is 4. The van der Waals surface area contributed by atoms with Crippen LogP contribution in [-0.2, 0) is 11.3 Å². The minimum absolute atomic E-state index is 0. The molecule has 1 unspecified atom stereocenters. The minimum atomic E-state index is -0.266. The molecule has 3 rings (SSSR count). The van der Waals surface area contributed by atoms with Crippen molar-refractivity contribution in [3.63, 3.8) is 0 Å². The average molecular weight is 487 g/mol. The van der Waals surface area contributed by atoms with Crippen LogP contribution in [0.1, 0.15) is 17.2 Å². The normalized spacial score (nSPS) is 13.7. The Balaban J connectivity index is 0.00000261. The molecule has 0 bridgehead atoms. The third-order valence-electron chi connectivity index (χ3n) is 4.10. The second-order valence-electron chi connectivity index (χ2n) is 5.77. The van der Waals surface area contributed by atoms with Gasteiger partial charge in [0.2, 0.25) is 6.79 Å². The van der Waals surface area contributed by atoms with E-state index in [9.17, 15) is 4.39 Å². The van der Waals surface area contributed by atoms with Gasteiger partial charge in [0.05, 0.1) is 6.10 Å². The quantitative estimate of drug-likeness (QED) is 0.372. The summed E-state index contributed by atoms with van der Waals surface area (Å²) < 4.78 is 29.2. The first-order chi connectivity index (χ1) is 12.7. The lowest BCUT2D eigenvalue weighted by Gasteiger charge is -2.19. The molecule has 0 fully saturated rings. The van der Waals surface area contributed by atoms with Crippen molar-refractivity contribution in [2.75, 3.05) is 27.5 Å². The smallest absolute Gasteiger partial charge is 0.231 e. The number of guanidine groups is 1. The van der Waals surface area contributed by atoms with E-state index < -0.39 is 0 Å². The van der Waals surface area contributed by atoms with Gasteiger partial charge in [0.25, 0.3) is 0 Å². The van der Waals surface area contributed by atoms with E-state index in [0.717, 1.165) is 22.6 Å². The Bertz CT molecular complexity index is 771. The summed E-state index contributed by atoms with van der Waals surface area (Å²) in [6.07, 6.45) is -0.209. The Labute approximate surface area is 175 Å². The number of halogens is 2. The molecule has 2 N–H and O–H groups in total. The van der Waals surface area contributed by atoms with E-state index in [4.69, 9.17) is 14.2 Å². The van der Waals surface area contributed by atoms with Gasteiger partial charge in [0.15, 0.2) is 17.5 Å². The van der Waals surface area contributed by atoms with E-state index in [2.05, 4.69) is 15.6 Å². The van der Waals surface area contributed by atoms with Crippen molar-refractivity contribution in [1.29, 1.82) is 0 Å². The molecule has 2 aromatic carbocycles. The van der Waals surface area contributed by atoms with Crippen molar-refractivity contribution >= 4 is 29.9 Å². The zero-order valence-corrected chi connectivity index (χ0v) is 17.5. The minimum Gasteiger partial charge on any atom is -0.454 e. The SMILES string of the molecule is CN=C(NCc1ccc2c(c1)OCO2)NCC(OC)c1ccc(F)cc1.I. The molecule has 1 aliphatic heterocycles. The zero-order valence-electron chi connectivity index (χ0n) is 15.2. The van der Waals surface area contributed by atoms with E-state index in [1.165, 1.54) is 12.1 Å². The van der Waals surface area contributed by atoms with Gasteiger partial charge in [-0.15, -0.1) is 24.0 Å². The number of hydrogen-bond donors (Lipinski definition) is 2. The van der Waals surface area contributed by atoms with E-state index in [1.54, 1.807) is 26.3 Å². The molecule has 6 nitrogen and oxygen atoms in total. The molecule has 0 spiro atoms. The van der Waals surface area contributed by atoms with Gasteiger partial charge in [0, 0.05) is 27.2 Å². The van der Waals surface area contributed by atoms with E-state index in [0.29, 0.717) is 19.0 Å². The summed E-state index contributed by atoms with van der Waals surface area (Å²) in [7, 11) is 3.33. The molecule has 0 aliphatic carbocycles. The van der Waals surface area contributed by atoms with E-state index in [1.807, 2.05) is 18.2 Å². The molecular weight excluding hydrogens is 464 g/mol. The number of fused-ring (bicyclic) bond motifs is 1. The highest BCUT2D eigenvalue weighted by molar-refractivity contribution is 14.0. The summed E-state index contributed by atoms with van der Waals surface area (Å²) >= 11 is 0. The monoisotopic (exact) mass is 487 g/mol. The summed E-state index contributed by atoms with van der Waals surface area (Å²) in [5.74, 6) is 1.89. The molecule has 27 heavy (non-hydrogen) atoms. The first-order valence-electron chi connectivity index (χ1n) is 8.31. The lowest BCUT2D eigenvalue weighted by molar-refractivity contribution is 0.106. The molecule has 2 aromatic rings. The molecular formula is C19H23FIN3O3. The van der Waals surface area contributed by atoms with Crippen LogP contribution < -0.4 is 20.1 Å². The standard InChI is InChI=1S/C19H22FN3O3.HI/c1-21-19(22-10-13-3-8-16-17(9-13)26-12-25-16)23-11-18(24-2)14-4-6-15(20)7-5-14;/h3-9,18H,10-12H2,1-2H3,(H2,21,22,23);1H. The number of benzene rings is 2. The number of ether oxygens (including phenoxy) is 3. The first-order valence-corrected chi connectivity index (χ1v) is 8.31. The lowest BCUT2D eigenvalue weighted by atomic mass is 10.1. The third kappa shape index (κ3) is 5.70. The predicted octanol–water partition coefficient (Wildman–Crippen LogP) is 3.23. The highest BCUT2D eigenvalue weighted by Gasteiger charge is 2.14. The second kappa shape index (κ2) is 10.3.